The van der Waals surface area contributed by atoms with Crippen LogP contribution >= 0.6 is 11.3 Å². The van der Waals surface area contributed by atoms with Gasteiger partial charge in [-0.2, -0.15) is 0 Å². The van der Waals surface area contributed by atoms with Crippen molar-refractivity contribution >= 4 is 23.2 Å². The summed E-state index contributed by atoms with van der Waals surface area (Å²) in [6.45, 7) is 3.99. The zero-order valence-electron chi connectivity index (χ0n) is 9.81. The van der Waals surface area contributed by atoms with Crippen LogP contribution in [0.25, 0.3) is 6.08 Å². The minimum absolute atomic E-state index is 0.0516. The number of hydrogen-bond donors (Lipinski definition) is 0. The average molecular weight is 243 g/mol. The Balaban J connectivity index is 2.18. The highest BCUT2D eigenvalue weighted by molar-refractivity contribution is 7.12. The highest BCUT2D eigenvalue weighted by Gasteiger charge is 2.08. The van der Waals surface area contributed by atoms with Crippen LogP contribution in [0.5, 0.6) is 0 Å². The monoisotopic (exact) mass is 243 g/mol. The van der Waals surface area contributed by atoms with Crippen LogP contribution in [0.15, 0.2) is 36.7 Å². The topological polar surface area (TPSA) is 30.0 Å². The van der Waals surface area contributed by atoms with Crippen LogP contribution in [-0.4, -0.2) is 10.8 Å². The van der Waals surface area contributed by atoms with Crippen LogP contribution in [0.4, 0.5) is 0 Å². The number of rotatable bonds is 3. The molecule has 0 unspecified atom stereocenters. The van der Waals surface area contributed by atoms with Gasteiger partial charge in [-0.3, -0.25) is 9.78 Å². The van der Waals surface area contributed by atoms with Gasteiger partial charge >= 0.3 is 0 Å². The largest absolute Gasteiger partial charge is 0.289 e. The molecule has 0 aliphatic heterocycles. The smallest absolute Gasteiger partial charge is 0.186 e. The Hall–Kier alpha value is -1.74. The molecular weight excluding hydrogens is 230 g/mol. The van der Waals surface area contributed by atoms with E-state index < -0.39 is 0 Å². The van der Waals surface area contributed by atoms with E-state index in [0.717, 1.165) is 16.0 Å². The molecule has 0 fully saturated rings. The van der Waals surface area contributed by atoms with E-state index in [0.29, 0.717) is 0 Å². The fourth-order valence-electron chi connectivity index (χ4n) is 1.61. The Labute approximate surface area is 105 Å². The lowest BCUT2D eigenvalue weighted by molar-refractivity contribution is 0.104. The van der Waals surface area contributed by atoms with E-state index in [1.54, 1.807) is 35.9 Å². The average Bonchev–Trinajstić information content (AvgIpc) is 2.67. The van der Waals surface area contributed by atoms with Crippen LogP contribution in [-0.2, 0) is 0 Å². The Morgan fingerprint density at radius 1 is 1.41 bits per heavy atom. The molecule has 0 bridgehead atoms. The maximum Gasteiger partial charge on any atom is 0.186 e. The molecule has 0 radical (unpaired) electrons. The highest BCUT2D eigenvalue weighted by Crippen LogP contribution is 2.21. The van der Waals surface area contributed by atoms with E-state index >= 15 is 0 Å². The third-order valence-electron chi connectivity index (χ3n) is 2.42. The predicted molar refractivity (Wildman–Crippen MR) is 71.4 cm³/mol. The molecule has 0 aliphatic carbocycles. The van der Waals surface area contributed by atoms with Crippen molar-refractivity contribution in [3.05, 3.63) is 57.6 Å². The normalized spacial score (nSPS) is 10.9. The molecule has 0 amide bonds. The second-order valence-corrected chi connectivity index (χ2v) is 5.27. The number of carbonyl (C=O) groups is 1. The summed E-state index contributed by atoms with van der Waals surface area (Å²) in [7, 11) is 0. The molecule has 17 heavy (non-hydrogen) atoms. The molecule has 2 aromatic heterocycles. The molecule has 2 rings (SSSR count). The van der Waals surface area contributed by atoms with E-state index in [2.05, 4.69) is 4.98 Å². The van der Waals surface area contributed by atoms with Crippen LogP contribution in [0, 0.1) is 13.8 Å². The van der Waals surface area contributed by atoms with E-state index in [4.69, 9.17) is 0 Å². The molecule has 0 saturated heterocycles. The van der Waals surface area contributed by atoms with Gasteiger partial charge in [0.05, 0.1) is 0 Å². The number of carbonyl (C=O) groups excluding carboxylic acids is 1. The number of aromatic nitrogens is 1. The summed E-state index contributed by atoms with van der Waals surface area (Å²) in [5, 5.41) is 0. The van der Waals surface area contributed by atoms with Gasteiger partial charge < -0.3 is 0 Å². The number of ketones is 1. The van der Waals surface area contributed by atoms with E-state index in [9.17, 15) is 4.79 Å². The van der Waals surface area contributed by atoms with Gasteiger partial charge in [0.25, 0.3) is 0 Å². The summed E-state index contributed by atoms with van der Waals surface area (Å²) < 4.78 is 0. The quantitative estimate of drug-likeness (QED) is 0.608. The van der Waals surface area contributed by atoms with Crippen molar-refractivity contribution in [1.82, 2.24) is 4.98 Å². The summed E-state index contributed by atoms with van der Waals surface area (Å²) in [6.07, 6.45) is 6.84. The van der Waals surface area contributed by atoms with Crippen LogP contribution in [0.3, 0.4) is 0 Å². The molecule has 3 heteroatoms. The SMILES string of the molecule is Cc1cc(C(=O)/C=C/c2cccnc2)c(C)s1. The Bertz CT molecular complexity index is 555. The van der Waals surface area contributed by atoms with Crippen LogP contribution in [0.2, 0.25) is 0 Å². The lowest BCUT2D eigenvalue weighted by Gasteiger charge is -1.93. The van der Waals surface area contributed by atoms with Gasteiger partial charge in [-0.15, -0.1) is 11.3 Å². The van der Waals surface area contributed by atoms with E-state index in [1.807, 2.05) is 32.0 Å². The molecule has 86 valence electrons. The molecule has 2 heterocycles. The molecule has 0 spiro atoms. The van der Waals surface area contributed by atoms with Crippen molar-refractivity contribution in [2.24, 2.45) is 0 Å². The van der Waals surface area contributed by atoms with E-state index in [1.165, 1.54) is 4.88 Å². The molecule has 0 atom stereocenters. The molecule has 2 nitrogen and oxygen atoms in total. The first-order valence-corrected chi connectivity index (χ1v) is 6.18. The first-order valence-electron chi connectivity index (χ1n) is 5.36. The number of pyridine rings is 1. The summed E-state index contributed by atoms with van der Waals surface area (Å²) in [5.41, 5.74) is 1.73. The number of nitrogens with zero attached hydrogens (tertiary/aromatic N) is 1. The van der Waals surface area contributed by atoms with Gasteiger partial charge in [-0.1, -0.05) is 6.07 Å². The third-order valence-corrected chi connectivity index (χ3v) is 3.38. The number of thiophene rings is 1. The van der Waals surface area contributed by atoms with E-state index in [-0.39, 0.29) is 5.78 Å². The molecule has 0 N–H and O–H groups in total. The van der Waals surface area contributed by atoms with Gasteiger partial charge in [-0.05, 0) is 43.7 Å². The van der Waals surface area contributed by atoms with Crippen molar-refractivity contribution < 1.29 is 4.79 Å². The lowest BCUT2D eigenvalue weighted by Crippen LogP contribution is -1.93. The van der Waals surface area contributed by atoms with Crippen molar-refractivity contribution in [1.29, 1.82) is 0 Å². The lowest BCUT2D eigenvalue weighted by atomic mass is 10.1. The van der Waals surface area contributed by atoms with Crippen molar-refractivity contribution in [3.63, 3.8) is 0 Å². The third kappa shape index (κ3) is 2.88. The van der Waals surface area contributed by atoms with Crippen molar-refractivity contribution in [3.8, 4) is 0 Å². The van der Waals surface area contributed by atoms with Gasteiger partial charge in [0.15, 0.2) is 5.78 Å². The summed E-state index contributed by atoms with van der Waals surface area (Å²) >= 11 is 1.65. The molecular formula is C14H13NOS. The first-order chi connectivity index (χ1) is 8.16. The Morgan fingerprint density at radius 2 is 2.24 bits per heavy atom. The fourth-order valence-corrected chi connectivity index (χ4v) is 2.54. The zero-order valence-corrected chi connectivity index (χ0v) is 10.6. The zero-order chi connectivity index (χ0) is 12.3. The second kappa shape index (κ2) is 5.06. The maximum absolute atomic E-state index is 12.0. The van der Waals surface area contributed by atoms with Gasteiger partial charge in [0, 0.05) is 27.7 Å². The van der Waals surface area contributed by atoms with Crippen molar-refractivity contribution in [2.75, 3.05) is 0 Å². The van der Waals surface area contributed by atoms with Gasteiger partial charge in [-0.25, -0.2) is 0 Å². The second-order valence-electron chi connectivity index (χ2n) is 3.81. The minimum Gasteiger partial charge on any atom is -0.289 e. The summed E-state index contributed by atoms with van der Waals surface area (Å²) in [6, 6.07) is 5.71. The van der Waals surface area contributed by atoms with Gasteiger partial charge in [0.1, 0.15) is 0 Å². The number of aryl methyl sites for hydroxylation is 2. The standard InChI is InChI=1S/C14H13NOS/c1-10-8-13(11(2)17-10)14(16)6-5-12-4-3-7-15-9-12/h3-9H,1-2H3/b6-5+. The maximum atomic E-state index is 12.0. The minimum atomic E-state index is 0.0516. The fraction of sp³-hybridized carbons (Fsp3) is 0.143. The number of allylic oxidation sites excluding steroid dienone is 1. The molecule has 0 aliphatic rings. The molecule has 2 aromatic rings. The predicted octanol–water partition coefficient (Wildman–Crippen LogP) is 3.66. The molecule has 0 saturated carbocycles. The first kappa shape index (κ1) is 11.7. The van der Waals surface area contributed by atoms with Gasteiger partial charge in [0.2, 0.25) is 0 Å². The van der Waals surface area contributed by atoms with Crippen molar-refractivity contribution in [2.45, 2.75) is 13.8 Å². The van der Waals surface area contributed by atoms with Crippen LogP contribution < -0.4 is 0 Å². The Morgan fingerprint density at radius 3 is 2.82 bits per heavy atom. The highest BCUT2D eigenvalue weighted by atomic mass is 32.1. The summed E-state index contributed by atoms with van der Waals surface area (Å²) in [4.78, 5) is 18.2. The Kier molecular flexibility index (Phi) is 3.49. The summed E-state index contributed by atoms with van der Waals surface area (Å²) in [5.74, 6) is 0.0516. The van der Waals surface area contributed by atoms with Crippen LogP contribution in [0.1, 0.15) is 25.7 Å². The molecule has 0 aromatic carbocycles. The number of hydrogen-bond acceptors (Lipinski definition) is 3.